The predicted molar refractivity (Wildman–Crippen MR) is 60.7 cm³/mol. The fourth-order valence-electron chi connectivity index (χ4n) is 1.54. The molecule has 2 rings (SSSR count). The average Bonchev–Trinajstić information content (AvgIpc) is 2.26. The number of anilines is 2. The number of halogens is 1. The van der Waals surface area contributed by atoms with Crippen LogP contribution in [0, 0.1) is 0 Å². The van der Waals surface area contributed by atoms with Gasteiger partial charge in [-0.15, -0.1) is 0 Å². The summed E-state index contributed by atoms with van der Waals surface area (Å²) in [5.74, 6) is 0.0775. The molecule has 0 radical (unpaired) electrons. The van der Waals surface area contributed by atoms with E-state index in [0.29, 0.717) is 6.42 Å². The minimum absolute atomic E-state index is 0.0775. The second-order valence-corrected chi connectivity index (χ2v) is 4.30. The van der Waals surface area contributed by atoms with E-state index in [1.54, 1.807) is 0 Å². The van der Waals surface area contributed by atoms with Gasteiger partial charge >= 0.3 is 0 Å². The lowest BCUT2D eigenvalue weighted by atomic mass is 10.2. The van der Waals surface area contributed by atoms with E-state index in [0.717, 1.165) is 22.4 Å². The molecule has 0 unspecified atom stereocenters. The van der Waals surface area contributed by atoms with Crippen LogP contribution in [0.5, 0.6) is 0 Å². The van der Waals surface area contributed by atoms with Gasteiger partial charge in [0.15, 0.2) is 0 Å². The third-order valence-corrected chi connectivity index (χ3v) is 2.81. The number of hydrogen-bond donors (Lipinski definition) is 1. The van der Waals surface area contributed by atoms with Gasteiger partial charge in [-0.2, -0.15) is 0 Å². The minimum Gasteiger partial charge on any atom is -0.372 e. The summed E-state index contributed by atoms with van der Waals surface area (Å²) in [6.45, 7) is 0.764. The number of nitrogens with one attached hydrogen (secondary N) is 1. The molecule has 3 nitrogen and oxygen atoms in total. The minimum atomic E-state index is 0.0775. The molecule has 1 aromatic carbocycles. The van der Waals surface area contributed by atoms with Crippen molar-refractivity contribution in [3.8, 4) is 0 Å². The lowest BCUT2D eigenvalue weighted by Gasteiger charge is -2.18. The van der Waals surface area contributed by atoms with Crippen molar-refractivity contribution in [2.24, 2.45) is 0 Å². The lowest BCUT2D eigenvalue weighted by Crippen LogP contribution is -2.18. The van der Waals surface area contributed by atoms with E-state index in [9.17, 15) is 4.79 Å². The van der Waals surface area contributed by atoms with Crippen LogP contribution in [0.4, 0.5) is 11.4 Å². The Balaban J connectivity index is 2.46. The normalized spacial score (nSPS) is 15.9. The standard InChI is InChI=1S/C10H11BrN2O/c1-13-5-4-10(14)12-8-6-7(11)2-3-9(8)13/h2-3,6H,4-5H2,1H3,(H,12,14). The van der Waals surface area contributed by atoms with Gasteiger partial charge in [0.1, 0.15) is 0 Å². The molecular formula is C10H11BrN2O. The largest absolute Gasteiger partial charge is 0.372 e. The molecule has 4 heteroatoms. The number of hydrogen-bond acceptors (Lipinski definition) is 2. The molecule has 0 bridgehead atoms. The van der Waals surface area contributed by atoms with Gasteiger partial charge in [-0.1, -0.05) is 15.9 Å². The first kappa shape index (κ1) is 9.52. The molecule has 0 aliphatic carbocycles. The monoisotopic (exact) mass is 254 g/mol. The van der Waals surface area contributed by atoms with Gasteiger partial charge in [-0.05, 0) is 18.2 Å². The van der Waals surface area contributed by atoms with Crippen molar-refractivity contribution < 1.29 is 4.79 Å². The molecule has 14 heavy (non-hydrogen) atoms. The van der Waals surface area contributed by atoms with E-state index in [-0.39, 0.29) is 5.91 Å². The summed E-state index contributed by atoms with van der Waals surface area (Å²) in [5.41, 5.74) is 1.95. The Morgan fingerprint density at radius 3 is 3.07 bits per heavy atom. The van der Waals surface area contributed by atoms with Gasteiger partial charge in [0.05, 0.1) is 11.4 Å². The SMILES string of the molecule is CN1CCC(=O)Nc2cc(Br)ccc21. The van der Waals surface area contributed by atoms with E-state index in [1.807, 2.05) is 25.2 Å². The van der Waals surface area contributed by atoms with Crippen molar-refractivity contribution in [2.75, 3.05) is 23.8 Å². The Morgan fingerprint density at radius 2 is 2.29 bits per heavy atom. The number of fused-ring (bicyclic) bond motifs is 1. The zero-order valence-corrected chi connectivity index (χ0v) is 9.47. The Labute approximate surface area is 91.2 Å². The molecule has 1 aromatic rings. The Bertz CT molecular complexity index is 378. The highest BCUT2D eigenvalue weighted by molar-refractivity contribution is 9.10. The average molecular weight is 255 g/mol. The molecule has 0 fully saturated rings. The third kappa shape index (κ3) is 1.75. The highest BCUT2D eigenvalue weighted by atomic mass is 79.9. The maximum Gasteiger partial charge on any atom is 0.226 e. The second-order valence-electron chi connectivity index (χ2n) is 3.38. The van der Waals surface area contributed by atoms with E-state index < -0.39 is 0 Å². The second kappa shape index (κ2) is 3.61. The number of carbonyl (C=O) groups is 1. The van der Waals surface area contributed by atoms with Crippen LogP contribution in [-0.2, 0) is 4.79 Å². The summed E-state index contributed by atoms with van der Waals surface area (Å²) >= 11 is 3.39. The molecule has 74 valence electrons. The molecule has 1 amide bonds. The summed E-state index contributed by atoms with van der Waals surface area (Å²) in [4.78, 5) is 13.4. The van der Waals surface area contributed by atoms with Crippen LogP contribution in [0.25, 0.3) is 0 Å². The van der Waals surface area contributed by atoms with Crippen LogP contribution in [-0.4, -0.2) is 19.5 Å². The van der Waals surface area contributed by atoms with Crippen molar-refractivity contribution in [1.29, 1.82) is 0 Å². The molecule has 1 heterocycles. The van der Waals surface area contributed by atoms with Gasteiger partial charge in [0, 0.05) is 24.5 Å². The smallest absolute Gasteiger partial charge is 0.226 e. The van der Waals surface area contributed by atoms with Gasteiger partial charge in [-0.3, -0.25) is 4.79 Å². The van der Waals surface area contributed by atoms with Crippen LogP contribution in [0.1, 0.15) is 6.42 Å². The molecule has 1 aliphatic heterocycles. The summed E-state index contributed by atoms with van der Waals surface area (Å²) in [6.07, 6.45) is 0.544. The molecular weight excluding hydrogens is 244 g/mol. The lowest BCUT2D eigenvalue weighted by molar-refractivity contribution is -0.115. The Kier molecular flexibility index (Phi) is 2.46. The fraction of sp³-hybridized carbons (Fsp3) is 0.300. The molecule has 0 saturated heterocycles. The van der Waals surface area contributed by atoms with E-state index >= 15 is 0 Å². The topological polar surface area (TPSA) is 32.3 Å². The van der Waals surface area contributed by atoms with Gasteiger partial charge in [0.2, 0.25) is 5.91 Å². The highest BCUT2D eigenvalue weighted by Gasteiger charge is 2.15. The first-order valence-corrected chi connectivity index (χ1v) is 5.26. The van der Waals surface area contributed by atoms with Crippen molar-refractivity contribution in [2.45, 2.75) is 6.42 Å². The molecule has 0 spiro atoms. The molecule has 0 atom stereocenters. The molecule has 0 aromatic heterocycles. The third-order valence-electron chi connectivity index (χ3n) is 2.32. The van der Waals surface area contributed by atoms with Gasteiger partial charge in [-0.25, -0.2) is 0 Å². The number of amides is 1. The zero-order valence-electron chi connectivity index (χ0n) is 7.88. The number of nitrogens with zero attached hydrogens (tertiary/aromatic N) is 1. The summed E-state index contributed by atoms with van der Waals surface area (Å²) in [6, 6.07) is 5.91. The Morgan fingerprint density at radius 1 is 1.50 bits per heavy atom. The fourth-order valence-corrected chi connectivity index (χ4v) is 1.90. The van der Waals surface area contributed by atoms with Crippen molar-refractivity contribution in [3.05, 3.63) is 22.7 Å². The van der Waals surface area contributed by atoms with E-state index in [2.05, 4.69) is 26.1 Å². The predicted octanol–water partition coefficient (Wildman–Crippen LogP) is 2.23. The zero-order chi connectivity index (χ0) is 10.1. The van der Waals surface area contributed by atoms with Gasteiger partial charge in [0.25, 0.3) is 0 Å². The first-order chi connectivity index (χ1) is 6.66. The summed E-state index contributed by atoms with van der Waals surface area (Å²) in [7, 11) is 1.99. The molecule has 1 aliphatic rings. The molecule has 1 N–H and O–H groups in total. The van der Waals surface area contributed by atoms with Crippen LogP contribution in [0.2, 0.25) is 0 Å². The molecule has 0 saturated carbocycles. The highest BCUT2D eigenvalue weighted by Crippen LogP contribution is 2.30. The van der Waals surface area contributed by atoms with Gasteiger partial charge < -0.3 is 10.2 Å². The van der Waals surface area contributed by atoms with Crippen molar-refractivity contribution in [1.82, 2.24) is 0 Å². The quantitative estimate of drug-likeness (QED) is 0.771. The first-order valence-electron chi connectivity index (χ1n) is 4.47. The van der Waals surface area contributed by atoms with Crippen LogP contribution < -0.4 is 10.2 Å². The summed E-state index contributed by atoms with van der Waals surface area (Å²) in [5, 5.41) is 2.88. The van der Waals surface area contributed by atoms with Crippen LogP contribution in [0.15, 0.2) is 22.7 Å². The maximum atomic E-state index is 11.3. The van der Waals surface area contributed by atoms with Crippen LogP contribution in [0.3, 0.4) is 0 Å². The number of benzene rings is 1. The van der Waals surface area contributed by atoms with Crippen molar-refractivity contribution >= 4 is 33.2 Å². The number of carbonyl (C=O) groups excluding carboxylic acids is 1. The maximum absolute atomic E-state index is 11.3. The number of rotatable bonds is 0. The van der Waals surface area contributed by atoms with Crippen molar-refractivity contribution in [3.63, 3.8) is 0 Å². The Hall–Kier alpha value is -1.03. The van der Waals surface area contributed by atoms with E-state index in [1.165, 1.54) is 0 Å². The van der Waals surface area contributed by atoms with E-state index in [4.69, 9.17) is 0 Å². The summed E-state index contributed by atoms with van der Waals surface area (Å²) < 4.78 is 0.979. The van der Waals surface area contributed by atoms with Crippen LogP contribution >= 0.6 is 15.9 Å².